The van der Waals surface area contributed by atoms with Crippen LogP contribution >= 0.6 is 23.1 Å². The third-order valence-corrected chi connectivity index (χ3v) is 8.41. The van der Waals surface area contributed by atoms with Crippen molar-refractivity contribution >= 4 is 52.1 Å². The Labute approximate surface area is 258 Å². The number of aromatic nitrogens is 3. The zero-order valence-corrected chi connectivity index (χ0v) is 25.6. The van der Waals surface area contributed by atoms with E-state index in [1.807, 2.05) is 52.7 Å². The number of amides is 1. The molecule has 5 rings (SSSR count). The molecule has 0 aliphatic carbocycles. The van der Waals surface area contributed by atoms with Crippen LogP contribution in [-0.4, -0.2) is 32.5 Å². The van der Waals surface area contributed by atoms with Crippen LogP contribution in [0, 0.1) is 5.82 Å². The number of hydrogen-bond acceptors (Lipinski definition) is 6. The number of rotatable bonds is 12. The molecule has 0 fully saturated rings. The number of thioether (sulfide) groups is 1. The molecule has 0 saturated carbocycles. The van der Waals surface area contributed by atoms with Crippen molar-refractivity contribution < 1.29 is 14.0 Å². The Hall–Kier alpha value is -4.34. The van der Waals surface area contributed by atoms with E-state index >= 15 is 0 Å². The Morgan fingerprint density at radius 1 is 1.07 bits per heavy atom. The minimum Gasteiger partial charge on any atom is -0.333 e. The smallest absolute Gasteiger partial charge is 0.256 e. The van der Waals surface area contributed by atoms with Crippen molar-refractivity contribution in [2.75, 3.05) is 11.6 Å². The number of carbonyl (C=O) groups excluding carboxylic acids is 2. The zero-order chi connectivity index (χ0) is 30.2. The third-order valence-electron chi connectivity index (χ3n) is 6.86. The van der Waals surface area contributed by atoms with Gasteiger partial charge in [-0.1, -0.05) is 18.2 Å². The maximum Gasteiger partial charge on any atom is 0.256 e. The van der Waals surface area contributed by atoms with Crippen LogP contribution in [0.3, 0.4) is 0 Å². The minimum atomic E-state index is -0.344. The van der Waals surface area contributed by atoms with Gasteiger partial charge >= 0.3 is 0 Å². The van der Waals surface area contributed by atoms with Crippen molar-refractivity contribution in [1.82, 2.24) is 14.5 Å². The molecule has 0 aliphatic heterocycles. The number of halogens is 1. The van der Waals surface area contributed by atoms with E-state index in [2.05, 4.69) is 27.4 Å². The van der Waals surface area contributed by atoms with Crippen molar-refractivity contribution in [1.29, 1.82) is 0 Å². The number of nitrogens with zero attached hydrogens (tertiary/aromatic N) is 3. The Kier molecular flexibility index (Phi) is 9.96. The second-order valence-electron chi connectivity index (χ2n) is 10.1. The van der Waals surface area contributed by atoms with E-state index in [-0.39, 0.29) is 17.5 Å². The molecule has 5 aromatic rings. The minimum absolute atomic E-state index is 0.168. The van der Waals surface area contributed by atoms with Gasteiger partial charge in [0.2, 0.25) is 0 Å². The molecule has 0 atom stereocenters. The average Bonchev–Trinajstić information content (AvgIpc) is 3.72. The molecule has 1 amide bonds. The van der Waals surface area contributed by atoms with Gasteiger partial charge in [-0.2, -0.15) is 0 Å². The third kappa shape index (κ3) is 8.15. The van der Waals surface area contributed by atoms with E-state index in [1.54, 1.807) is 60.9 Å². The molecule has 3 aromatic carbocycles. The number of benzene rings is 3. The second kappa shape index (κ2) is 14.2. The van der Waals surface area contributed by atoms with E-state index < -0.39 is 0 Å². The van der Waals surface area contributed by atoms with E-state index in [0.717, 1.165) is 45.0 Å². The fourth-order valence-corrected chi connectivity index (χ4v) is 5.95. The summed E-state index contributed by atoms with van der Waals surface area (Å²) in [5.41, 5.74) is 5.54. The van der Waals surface area contributed by atoms with Crippen LogP contribution in [0.25, 0.3) is 22.8 Å². The molecule has 43 heavy (non-hydrogen) atoms. The van der Waals surface area contributed by atoms with Crippen molar-refractivity contribution in [2.45, 2.75) is 37.6 Å². The summed E-state index contributed by atoms with van der Waals surface area (Å²) in [4.78, 5) is 34.9. The van der Waals surface area contributed by atoms with Gasteiger partial charge in [0.15, 0.2) is 0 Å². The summed E-state index contributed by atoms with van der Waals surface area (Å²) < 4.78 is 15.8. The lowest BCUT2D eigenvalue weighted by molar-refractivity contribution is -0.117. The molecule has 0 saturated heterocycles. The number of Topliss-reactive ketones (excluding diaryl/α,β-unsaturated/α-hetero) is 1. The number of carbonyl (C=O) groups is 2. The number of hydrogen-bond donors (Lipinski definition) is 1. The first-order valence-electron chi connectivity index (χ1n) is 13.8. The molecule has 1 N–H and O–H groups in total. The highest BCUT2D eigenvalue weighted by Crippen LogP contribution is 2.30. The fraction of sp³-hybridized carbons (Fsp3) is 0.176. The van der Waals surface area contributed by atoms with Crippen molar-refractivity contribution in [3.63, 3.8) is 0 Å². The van der Waals surface area contributed by atoms with E-state index in [0.29, 0.717) is 29.8 Å². The SMILES string of the molecule is CSc1cc(CCCC(C)=O)cc(NC(=O)c2ccc(C=C(Cn3ccnc3)c3nccs3)cc2-c2ccc(F)cc2)c1. The molecule has 2 aromatic heterocycles. The first-order chi connectivity index (χ1) is 20.9. The summed E-state index contributed by atoms with van der Waals surface area (Å²) in [5, 5.41) is 5.91. The van der Waals surface area contributed by atoms with Gasteiger partial charge in [-0.05, 0) is 96.8 Å². The first kappa shape index (κ1) is 30.1. The average molecular weight is 611 g/mol. The largest absolute Gasteiger partial charge is 0.333 e. The van der Waals surface area contributed by atoms with Gasteiger partial charge in [0.1, 0.15) is 16.6 Å². The number of thiazole rings is 1. The number of imidazole rings is 1. The van der Waals surface area contributed by atoms with Gasteiger partial charge in [-0.15, -0.1) is 23.1 Å². The van der Waals surface area contributed by atoms with Crippen molar-refractivity contribution in [2.24, 2.45) is 0 Å². The maximum absolute atomic E-state index is 13.9. The molecule has 0 aliphatic rings. The zero-order valence-electron chi connectivity index (χ0n) is 23.9. The van der Waals surface area contributed by atoms with Crippen molar-refractivity contribution in [3.05, 3.63) is 118 Å². The predicted octanol–water partition coefficient (Wildman–Crippen LogP) is 8.27. The standard InChI is InChI=1S/C34H31FN4O2S2/c1-23(40)4-3-5-24-17-29(20-30(18-24)42-2)38-33(41)31-11-6-25(19-32(31)26-7-9-28(35)10-8-26)16-27(34-37-13-15-43-34)21-39-14-12-36-22-39/h6-20,22H,3-5,21H2,1-2H3,(H,38,41). The molecule has 0 unspecified atom stereocenters. The number of aryl methyl sites for hydroxylation is 1. The van der Waals surface area contributed by atoms with Gasteiger partial charge < -0.3 is 14.7 Å². The molecule has 2 heterocycles. The van der Waals surface area contributed by atoms with Gasteiger partial charge in [0, 0.05) is 52.1 Å². The normalized spacial score (nSPS) is 11.5. The molecule has 0 bridgehead atoms. The number of ketones is 1. The fourth-order valence-electron chi connectivity index (χ4n) is 4.79. The van der Waals surface area contributed by atoms with Gasteiger partial charge in [-0.25, -0.2) is 14.4 Å². The second-order valence-corrected chi connectivity index (χ2v) is 11.9. The Morgan fingerprint density at radius 3 is 2.60 bits per heavy atom. The lowest BCUT2D eigenvalue weighted by Gasteiger charge is -2.14. The molecule has 6 nitrogen and oxygen atoms in total. The van der Waals surface area contributed by atoms with Crippen LogP contribution in [0.15, 0.2) is 95.9 Å². The summed E-state index contributed by atoms with van der Waals surface area (Å²) in [6.45, 7) is 2.19. The molecular weight excluding hydrogens is 580 g/mol. The summed E-state index contributed by atoms with van der Waals surface area (Å²) in [7, 11) is 0. The molecule has 218 valence electrons. The van der Waals surface area contributed by atoms with Gasteiger partial charge in [-0.3, -0.25) is 4.79 Å². The summed E-state index contributed by atoms with van der Waals surface area (Å²) in [5.74, 6) is -0.439. The van der Waals surface area contributed by atoms with Crippen LogP contribution in [-0.2, 0) is 17.8 Å². The monoisotopic (exact) mass is 610 g/mol. The molecule has 9 heteroatoms. The summed E-state index contributed by atoms with van der Waals surface area (Å²) in [6.07, 6.45) is 13.3. The molecule has 0 radical (unpaired) electrons. The first-order valence-corrected chi connectivity index (χ1v) is 15.9. The van der Waals surface area contributed by atoms with Crippen LogP contribution in [0.4, 0.5) is 10.1 Å². The topological polar surface area (TPSA) is 76.9 Å². The van der Waals surface area contributed by atoms with E-state index in [4.69, 9.17) is 0 Å². The summed E-state index contributed by atoms with van der Waals surface area (Å²) >= 11 is 3.15. The van der Waals surface area contributed by atoms with Crippen LogP contribution in [0.5, 0.6) is 0 Å². The maximum atomic E-state index is 13.9. The lowest BCUT2D eigenvalue weighted by atomic mass is 9.95. The highest BCUT2D eigenvalue weighted by molar-refractivity contribution is 7.98. The Balaban J connectivity index is 1.49. The predicted molar refractivity (Wildman–Crippen MR) is 174 cm³/mol. The van der Waals surface area contributed by atoms with Crippen LogP contribution in [0.2, 0.25) is 0 Å². The lowest BCUT2D eigenvalue weighted by Crippen LogP contribution is -2.13. The molecular formula is C34H31FN4O2S2. The number of anilines is 1. The van der Waals surface area contributed by atoms with Crippen molar-refractivity contribution in [3.8, 4) is 11.1 Å². The number of allylic oxidation sites excluding steroid dienone is 1. The van der Waals surface area contributed by atoms with Gasteiger partial charge in [0.25, 0.3) is 5.91 Å². The van der Waals surface area contributed by atoms with Crippen LogP contribution < -0.4 is 5.32 Å². The summed E-state index contributed by atoms with van der Waals surface area (Å²) in [6, 6.07) is 17.8. The van der Waals surface area contributed by atoms with Gasteiger partial charge in [0.05, 0.1) is 12.9 Å². The highest BCUT2D eigenvalue weighted by atomic mass is 32.2. The highest BCUT2D eigenvalue weighted by Gasteiger charge is 2.16. The van der Waals surface area contributed by atoms with E-state index in [9.17, 15) is 14.0 Å². The Morgan fingerprint density at radius 2 is 1.91 bits per heavy atom. The quantitative estimate of drug-likeness (QED) is 0.144. The Bertz CT molecular complexity index is 1730. The number of nitrogens with one attached hydrogen (secondary N) is 1. The van der Waals surface area contributed by atoms with Crippen LogP contribution in [0.1, 0.15) is 46.3 Å². The molecule has 0 spiro atoms. The van der Waals surface area contributed by atoms with E-state index in [1.165, 1.54) is 12.1 Å².